The summed E-state index contributed by atoms with van der Waals surface area (Å²) in [5.74, 6) is -1.99. The number of carbonyl (C=O) groups excluding carboxylic acids is 3. The summed E-state index contributed by atoms with van der Waals surface area (Å²) in [7, 11) is 1.22. The molecule has 0 aromatic heterocycles. The first-order chi connectivity index (χ1) is 14.3. The number of anilines is 2. The zero-order chi connectivity index (χ0) is 21.8. The third-order valence-electron chi connectivity index (χ3n) is 4.44. The van der Waals surface area contributed by atoms with Crippen molar-refractivity contribution < 1.29 is 23.5 Å². The molecule has 1 aliphatic rings. The highest BCUT2D eigenvalue weighted by molar-refractivity contribution is 7.80. The van der Waals surface area contributed by atoms with E-state index >= 15 is 0 Å². The highest BCUT2D eigenvalue weighted by Gasteiger charge is 2.45. The lowest BCUT2D eigenvalue weighted by molar-refractivity contribution is -0.141. The van der Waals surface area contributed by atoms with Gasteiger partial charge in [-0.15, -0.1) is 0 Å². The number of ether oxygens (including phenoxy) is 1. The van der Waals surface area contributed by atoms with Gasteiger partial charge in [-0.3, -0.25) is 19.3 Å². The molecule has 10 heteroatoms. The number of halogens is 2. The number of hydrogen-bond donors (Lipinski definition) is 1. The Labute approximate surface area is 182 Å². The molecule has 3 rings (SSSR count). The minimum Gasteiger partial charge on any atom is -0.468 e. The van der Waals surface area contributed by atoms with E-state index in [1.54, 1.807) is 24.3 Å². The van der Waals surface area contributed by atoms with E-state index in [0.717, 1.165) is 0 Å². The predicted octanol–water partition coefficient (Wildman–Crippen LogP) is 2.98. The number of nitrogens with zero attached hydrogens (tertiary/aromatic N) is 2. The summed E-state index contributed by atoms with van der Waals surface area (Å²) in [5.41, 5.74) is 0.842. The van der Waals surface area contributed by atoms with E-state index in [0.29, 0.717) is 16.4 Å². The van der Waals surface area contributed by atoms with Crippen LogP contribution >= 0.6 is 23.8 Å². The average molecular weight is 450 g/mol. The molecule has 30 heavy (non-hydrogen) atoms. The van der Waals surface area contributed by atoms with Gasteiger partial charge in [0.2, 0.25) is 5.91 Å². The first-order valence-electron chi connectivity index (χ1n) is 8.82. The molecule has 0 saturated carbocycles. The Morgan fingerprint density at radius 3 is 2.40 bits per heavy atom. The molecule has 1 aliphatic heterocycles. The fourth-order valence-corrected chi connectivity index (χ4v) is 3.48. The average Bonchev–Trinajstić information content (AvgIpc) is 2.94. The molecule has 7 nitrogen and oxygen atoms in total. The van der Waals surface area contributed by atoms with Crippen LogP contribution in [0.4, 0.5) is 15.8 Å². The zero-order valence-corrected chi connectivity index (χ0v) is 17.4. The zero-order valence-electron chi connectivity index (χ0n) is 15.8. The van der Waals surface area contributed by atoms with Gasteiger partial charge in [0.15, 0.2) is 5.11 Å². The molecule has 0 unspecified atom stereocenters. The molecule has 1 fully saturated rings. The normalized spacial score (nSPS) is 16.0. The number of carbonyl (C=O) groups is 3. The van der Waals surface area contributed by atoms with E-state index in [-0.39, 0.29) is 18.1 Å². The SMILES string of the molecule is COC(=O)CN1C(=S)N(c2ccc(Cl)cc2)C(=O)[C@@H]1CC(=O)Nc1ccc(F)cc1. The van der Waals surface area contributed by atoms with Gasteiger partial charge in [0.1, 0.15) is 18.4 Å². The quantitative estimate of drug-likeness (QED) is 0.539. The van der Waals surface area contributed by atoms with Gasteiger partial charge >= 0.3 is 5.97 Å². The summed E-state index contributed by atoms with van der Waals surface area (Å²) < 4.78 is 17.7. The van der Waals surface area contributed by atoms with Gasteiger partial charge in [0, 0.05) is 10.7 Å². The molecule has 0 aliphatic carbocycles. The monoisotopic (exact) mass is 449 g/mol. The summed E-state index contributed by atoms with van der Waals surface area (Å²) in [6.45, 7) is -0.292. The number of benzene rings is 2. The largest absolute Gasteiger partial charge is 0.468 e. The van der Waals surface area contributed by atoms with Gasteiger partial charge in [-0.05, 0) is 60.7 Å². The first kappa shape index (κ1) is 21.7. The number of rotatable bonds is 6. The Morgan fingerprint density at radius 2 is 1.80 bits per heavy atom. The molecule has 0 bridgehead atoms. The number of esters is 1. The maximum absolute atomic E-state index is 13.1. The van der Waals surface area contributed by atoms with Crippen molar-refractivity contribution in [2.75, 3.05) is 23.9 Å². The van der Waals surface area contributed by atoms with E-state index in [2.05, 4.69) is 10.1 Å². The molecular weight excluding hydrogens is 433 g/mol. The lowest BCUT2D eigenvalue weighted by atomic mass is 10.1. The number of amides is 2. The molecule has 0 radical (unpaired) electrons. The van der Waals surface area contributed by atoms with Gasteiger partial charge in [-0.25, -0.2) is 4.39 Å². The second-order valence-electron chi connectivity index (χ2n) is 6.41. The van der Waals surface area contributed by atoms with Crippen molar-refractivity contribution >= 4 is 58.1 Å². The van der Waals surface area contributed by atoms with Gasteiger partial charge in [-0.1, -0.05) is 11.6 Å². The van der Waals surface area contributed by atoms with Crippen molar-refractivity contribution in [3.05, 3.63) is 59.4 Å². The molecule has 156 valence electrons. The third kappa shape index (κ3) is 4.74. The number of hydrogen-bond acceptors (Lipinski definition) is 5. The van der Waals surface area contributed by atoms with Crippen molar-refractivity contribution in [1.29, 1.82) is 0 Å². The molecule has 2 aromatic rings. The molecule has 1 N–H and O–H groups in total. The van der Waals surface area contributed by atoms with E-state index in [1.807, 2.05) is 0 Å². The highest BCUT2D eigenvalue weighted by Crippen LogP contribution is 2.28. The number of methoxy groups -OCH3 is 1. The molecule has 1 atom stereocenters. The van der Waals surface area contributed by atoms with Crippen LogP contribution in [0.3, 0.4) is 0 Å². The first-order valence-corrected chi connectivity index (χ1v) is 9.61. The van der Waals surface area contributed by atoms with Crippen LogP contribution in [0.2, 0.25) is 5.02 Å². The topological polar surface area (TPSA) is 79.0 Å². The van der Waals surface area contributed by atoms with Crippen molar-refractivity contribution in [2.24, 2.45) is 0 Å². The number of nitrogens with one attached hydrogen (secondary N) is 1. The third-order valence-corrected chi connectivity index (χ3v) is 5.11. The van der Waals surface area contributed by atoms with Crippen LogP contribution in [-0.2, 0) is 19.1 Å². The lowest BCUT2D eigenvalue weighted by Gasteiger charge is -2.22. The van der Waals surface area contributed by atoms with Crippen molar-refractivity contribution in [1.82, 2.24) is 4.90 Å². The minimum atomic E-state index is -1.01. The summed E-state index contributed by atoms with van der Waals surface area (Å²) >= 11 is 11.3. The van der Waals surface area contributed by atoms with Crippen LogP contribution in [-0.4, -0.2) is 47.5 Å². The number of thiocarbonyl (C=S) groups is 1. The van der Waals surface area contributed by atoms with Gasteiger partial charge in [0.25, 0.3) is 5.91 Å². The summed E-state index contributed by atoms with van der Waals surface area (Å²) in [4.78, 5) is 40.1. The highest BCUT2D eigenvalue weighted by atomic mass is 35.5. The Hall–Kier alpha value is -3.04. The smallest absolute Gasteiger partial charge is 0.325 e. The van der Waals surface area contributed by atoms with Crippen molar-refractivity contribution in [3.63, 3.8) is 0 Å². The van der Waals surface area contributed by atoms with Crippen molar-refractivity contribution in [2.45, 2.75) is 12.5 Å². The van der Waals surface area contributed by atoms with E-state index in [1.165, 1.54) is 41.2 Å². The molecule has 0 spiro atoms. The summed E-state index contributed by atoms with van der Waals surface area (Å²) in [5, 5.41) is 3.16. The fourth-order valence-electron chi connectivity index (χ4n) is 2.97. The maximum atomic E-state index is 13.1. The minimum absolute atomic E-state index is 0.0762. The Balaban J connectivity index is 1.83. The second-order valence-corrected chi connectivity index (χ2v) is 7.21. The Morgan fingerprint density at radius 1 is 1.17 bits per heavy atom. The van der Waals surface area contributed by atoms with E-state index in [4.69, 9.17) is 23.8 Å². The lowest BCUT2D eigenvalue weighted by Crippen LogP contribution is -2.41. The maximum Gasteiger partial charge on any atom is 0.325 e. The van der Waals surface area contributed by atoms with E-state index in [9.17, 15) is 18.8 Å². The summed E-state index contributed by atoms with van der Waals surface area (Å²) in [6, 6.07) is 10.6. The van der Waals surface area contributed by atoms with Crippen LogP contribution in [0.1, 0.15) is 6.42 Å². The molecule has 1 saturated heterocycles. The predicted molar refractivity (Wildman–Crippen MR) is 114 cm³/mol. The Kier molecular flexibility index (Phi) is 6.63. The van der Waals surface area contributed by atoms with Crippen LogP contribution in [0.15, 0.2) is 48.5 Å². The molecule has 1 heterocycles. The van der Waals surface area contributed by atoms with Crippen molar-refractivity contribution in [3.8, 4) is 0 Å². The van der Waals surface area contributed by atoms with Crippen LogP contribution < -0.4 is 10.2 Å². The molecule has 2 amide bonds. The van der Waals surface area contributed by atoms with Gasteiger partial charge < -0.3 is 15.0 Å². The van der Waals surface area contributed by atoms with Gasteiger partial charge in [-0.2, -0.15) is 0 Å². The van der Waals surface area contributed by atoms with Crippen LogP contribution in [0.5, 0.6) is 0 Å². The fraction of sp³-hybridized carbons (Fsp3) is 0.200. The van der Waals surface area contributed by atoms with Gasteiger partial charge in [0.05, 0.1) is 19.2 Å². The Bertz CT molecular complexity index is 985. The second kappa shape index (κ2) is 9.19. The summed E-state index contributed by atoms with van der Waals surface area (Å²) in [6.07, 6.45) is -0.266. The van der Waals surface area contributed by atoms with Crippen LogP contribution in [0.25, 0.3) is 0 Å². The molecule has 2 aromatic carbocycles. The standard InChI is InChI=1S/C20H17ClFN3O4S/c1-29-18(27)11-24-16(10-17(26)23-14-6-4-13(22)5-7-14)19(28)25(20(24)30)15-8-2-12(21)3-9-15/h2-9,16H,10-11H2,1H3,(H,23,26)/t16-/m0/s1. The van der Waals surface area contributed by atoms with Crippen LogP contribution in [0, 0.1) is 5.82 Å². The van der Waals surface area contributed by atoms with E-state index < -0.39 is 29.6 Å². The molecular formula is C20H17ClFN3O4S.